The lowest BCUT2D eigenvalue weighted by atomic mass is 10.4. The highest BCUT2D eigenvalue weighted by Gasteiger charge is 2.26. The van der Waals surface area contributed by atoms with Crippen LogP contribution in [0.2, 0.25) is 0 Å². The molecule has 2 N–H and O–H groups in total. The smallest absolute Gasteiger partial charge is 0.256 e. The van der Waals surface area contributed by atoms with E-state index in [0.29, 0.717) is 24.3 Å². The van der Waals surface area contributed by atoms with Crippen LogP contribution in [-0.2, 0) is 4.74 Å². The average Bonchev–Trinajstić information content (AvgIpc) is 2.92. The first-order chi connectivity index (χ1) is 7.20. The van der Waals surface area contributed by atoms with Crippen molar-refractivity contribution in [2.45, 2.75) is 31.9 Å². The van der Waals surface area contributed by atoms with Crippen LogP contribution in [0.4, 0.5) is 5.69 Å². The fraction of sp³-hybridized carbons (Fsp3) is 0.700. The van der Waals surface area contributed by atoms with E-state index in [1.54, 1.807) is 18.0 Å². The molecule has 1 saturated carbocycles. The van der Waals surface area contributed by atoms with E-state index in [1.165, 1.54) is 0 Å². The highest BCUT2D eigenvalue weighted by atomic mass is 16.5. The van der Waals surface area contributed by atoms with E-state index in [-0.39, 0.29) is 6.04 Å². The number of hydrogen-bond acceptors (Lipinski definition) is 4. The summed E-state index contributed by atoms with van der Waals surface area (Å²) in [5, 5.41) is 4.30. The van der Waals surface area contributed by atoms with Crippen molar-refractivity contribution in [3.8, 4) is 5.88 Å². The predicted octanol–water partition coefficient (Wildman–Crippen LogP) is 1.21. The molecule has 1 aliphatic carbocycles. The molecule has 2 rings (SSSR count). The maximum absolute atomic E-state index is 5.80. The lowest BCUT2D eigenvalue weighted by molar-refractivity contribution is 0.155. The molecule has 1 aromatic rings. The Hall–Kier alpha value is -1.23. The molecule has 1 atom stereocenters. The van der Waals surface area contributed by atoms with E-state index in [4.69, 9.17) is 15.2 Å². The van der Waals surface area contributed by atoms with Gasteiger partial charge < -0.3 is 15.2 Å². The number of nitrogens with zero attached hydrogens (tertiary/aromatic N) is 2. The van der Waals surface area contributed by atoms with Crippen molar-refractivity contribution in [3.05, 3.63) is 6.20 Å². The Morgan fingerprint density at radius 3 is 3.00 bits per heavy atom. The topological polar surface area (TPSA) is 62.3 Å². The molecule has 1 unspecified atom stereocenters. The van der Waals surface area contributed by atoms with E-state index in [2.05, 4.69) is 5.10 Å². The summed E-state index contributed by atoms with van der Waals surface area (Å²) in [4.78, 5) is 0. The summed E-state index contributed by atoms with van der Waals surface area (Å²) < 4.78 is 12.4. The molecule has 0 aromatic carbocycles. The highest BCUT2D eigenvalue weighted by molar-refractivity contribution is 5.46. The SMILES string of the molecule is COCC(C)n1cc(N)c(OC2CC2)n1. The molecule has 5 nitrogen and oxygen atoms in total. The van der Waals surface area contributed by atoms with Crippen molar-refractivity contribution in [2.75, 3.05) is 19.5 Å². The number of hydrogen-bond donors (Lipinski definition) is 1. The number of rotatable bonds is 5. The molecule has 1 fully saturated rings. The zero-order chi connectivity index (χ0) is 10.8. The van der Waals surface area contributed by atoms with E-state index < -0.39 is 0 Å². The Balaban J connectivity index is 2.05. The summed E-state index contributed by atoms with van der Waals surface area (Å²) in [6.45, 7) is 2.64. The molecule has 0 amide bonds. The van der Waals surface area contributed by atoms with Gasteiger partial charge in [0, 0.05) is 7.11 Å². The van der Waals surface area contributed by atoms with Crippen molar-refractivity contribution in [2.24, 2.45) is 0 Å². The van der Waals surface area contributed by atoms with Gasteiger partial charge in [-0.05, 0) is 19.8 Å². The van der Waals surface area contributed by atoms with Crippen molar-refractivity contribution in [3.63, 3.8) is 0 Å². The summed E-state index contributed by atoms with van der Waals surface area (Å²) in [7, 11) is 1.67. The highest BCUT2D eigenvalue weighted by Crippen LogP contribution is 2.29. The second kappa shape index (κ2) is 4.10. The van der Waals surface area contributed by atoms with E-state index >= 15 is 0 Å². The summed E-state index contributed by atoms with van der Waals surface area (Å²) >= 11 is 0. The molecule has 1 aliphatic rings. The molecule has 0 spiro atoms. The molecule has 0 radical (unpaired) electrons. The molecule has 5 heteroatoms. The van der Waals surface area contributed by atoms with Crippen LogP contribution in [0.1, 0.15) is 25.8 Å². The monoisotopic (exact) mass is 211 g/mol. The quantitative estimate of drug-likeness (QED) is 0.795. The predicted molar refractivity (Wildman–Crippen MR) is 56.9 cm³/mol. The summed E-state index contributed by atoms with van der Waals surface area (Å²) in [6.07, 6.45) is 4.34. The third kappa shape index (κ3) is 2.41. The number of aromatic nitrogens is 2. The van der Waals surface area contributed by atoms with Crippen molar-refractivity contribution < 1.29 is 9.47 Å². The fourth-order valence-corrected chi connectivity index (χ4v) is 1.37. The molecule has 84 valence electrons. The first-order valence-electron chi connectivity index (χ1n) is 5.21. The van der Waals surface area contributed by atoms with Crippen LogP contribution in [0.3, 0.4) is 0 Å². The molecular formula is C10H17N3O2. The minimum Gasteiger partial charge on any atom is -0.472 e. The zero-order valence-corrected chi connectivity index (χ0v) is 9.14. The van der Waals surface area contributed by atoms with Gasteiger partial charge in [-0.25, -0.2) is 0 Å². The van der Waals surface area contributed by atoms with Gasteiger partial charge in [-0.15, -0.1) is 5.10 Å². The summed E-state index contributed by atoms with van der Waals surface area (Å²) in [6, 6.07) is 0.175. The van der Waals surface area contributed by atoms with Crippen molar-refractivity contribution >= 4 is 5.69 Å². The number of nitrogen functional groups attached to an aromatic ring is 1. The minimum atomic E-state index is 0.175. The van der Waals surface area contributed by atoms with Gasteiger partial charge in [0.05, 0.1) is 18.8 Å². The van der Waals surface area contributed by atoms with Crippen LogP contribution < -0.4 is 10.5 Å². The van der Waals surface area contributed by atoms with E-state index in [1.807, 2.05) is 6.92 Å². The van der Waals surface area contributed by atoms with Gasteiger partial charge in [-0.2, -0.15) is 0 Å². The van der Waals surface area contributed by atoms with Gasteiger partial charge in [-0.3, -0.25) is 4.68 Å². The summed E-state index contributed by atoms with van der Waals surface area (Å²) in [5.41, 5.74) is 6.40. The Labute approximate surface area is 89.2 Å². The Morgan fingerprint density at radius 2 is 2.40 bits per heavy atom. The lowest BCUT2D eigenvalue weighted by Crippen LogP contribution is -2.11. The molecular weight excluding hydrogens is 194 g/mol. The van der Waals surface area contributed by atoms with Crippen LogP contribution in [0.5, 0.6) is 5.88 Å². The fourth-order valence-electron chi connectivity index (χ4n) is 1.37. The normalized spacial score (nSPS) is 17.7. The third-order valence-corrected chi connectivity index (χ3v) is 2.39. The Bertz CT molecular complexity index is 333. The first-order valence-corrected chi connectivity index (χ1v) is 5.21. The maximum atomic E-state index is 5.80. The van der Waals surface area contributed by atoms with Crippen molar-refractivity contribution in [1.82, 2.24) is 9.78 Å². The van der Waals surface area contributed by atoms with Crippen LogP contribution in [0, 0.1) is 0 Å². The van der Waals surface area contributed by atoms with Gasteiger partial charge in [0.25, 0.3) is 5.88 Å². The minimum absolute atomic E-state index is 0.175. The van der Waals surface area contributed by atoms with Crippen LogP contribution in [0.15, 0.2) is 6.20 Å². The van der Waals surface area contributed by atoms with Crippen molar-refractivity contribution in [1.29, 1.82) is 0 Å². The molecule has 15 heavy (non-hydrogen) atoms. The molecule has 1 heterocycles. The Morgan fingerprint density at radius 1 is 1.67 bits per heavy atom. The van der Waals surface area contributed by atoms with E-state index in [9.17, 15) is 0 Å². The Kier molecular flexibility index (Phi) is 2.81. The first kappa shape index (κ1) is 10.3. The number of ether oxygens (including phenoxy) is 2. The standard InChI is InChI=1S/C10H17N3O2/c1-7(6-14-2)13-5-9(11)10(12-13)15-8-3-4-8/h5,7-8H,3-4,6,11H2,1-2H3. The van der Waals surface area contributed by atoms with Crippen LogP contribution >= 0.6 is 0 Å². The second-order valence-electron chi connectivity index (χ2n) is 3.99. The van der Waals surface area contributed by atoms with Gasteiger partial charge >= 0.3 is 0 Å². The van der Waals surface area contributed by atoms with Gasteiger partial charge in [-0.1, -0.05) is 0 Å². The second-order valence-corrected chi connectivity index (χ2v) is 3.99. The largest absolute Gasteiger partial charge is 0.472 e. The van der Waals surface area contributed by atoms with Crippen LogP contribution in [0.25, 0.3) is 0 Å². The van der Waals surface area contributed by atoms with Gasteiger partial charge in [0.2, 0.25) is 0 Å². The van der Waals surface area contributed by atoms with Gasteiger partial charge in [0.1, 0.15) is 11.8 Å². The molecule has 0 bridgehead atoms. The maximum Gasteiger partial charge on any atom is 0.256 e. The molecule has 0 aliphatic heterocycles. The molecule has 1 aromatic heterocycles. The molecule has 0 saturated heterocycles. The van der Waals surface area contributed by atoms with Crippen LogP contribution in [-0.4, -0.2) is 29.6 Å². The average molecular weight is 211 g/mol. The van der Waals surface area contributed by atoms with Gasteiger partial charge in [0.15, 0.2) is 0 Å². The van der Waals surface area contributed by atoms with E-state index in [0.717, 1.165) is 12.8 Å². The number of anilines is 1. The number of methoxy groups -OCH3 is 1. The summed E-state index contributed by atoms with van der Waals surface area (Å²) in [5.74, 6) is 0.556. The number of nitrogens with two attached hydrogens (primary N) is 1. The third-order valence-electron chi connectivity index (χ3n) is 2.39. The zero-order valence-electron chi connectivity index (χ0n) is 9.14. The lowest BCUT2D eigenvalue weighted by Gasteiger charge is -2.09.